The third-order valence-corrected chi connectivity index (χ3v) is 3.76. The molecule has 104 valence electrons. The van der Waals surface area contributed by atoms with Gasteiger partial charge in [-0.05, 0) is 24.6 Å². The number of rotatable bonds is 6. The molecule has 0 fully saturated rings. The largest absolute Gasteiger partial charge is 0.494 e. The number of hydrogen-bond acceptors (Lipinski definition) is 4. The Morgan fingerprint density at radius 2 is 2.30 bits per heavy atom. The van der Waals surface area contributed by atoms with E-state index in [2.05, 4.69) is 33.0 Å². The Kier molecular flexibility index (Phi) is 3.99. The van der Waals surface area contributed by atoms with Crippen LogP contribution in [0.5, 0.6) is 5.75 Å². The number of ether oxygens (including phenoxy) is 1. The van der Waals surface area contributed by atoms with Gasteiger partial charge in [-0.25, -0.2) is 4.98 Å². The number of hydrogen-bond donors (Lipinski definition) is 1. The molecule has 5 heteroatoms. The zero-order chi connectivity index (χ0) is 13.8. The monoisotopic (exact) mass is 287 g/mol. The maximum atomic E-state index is 5.50. The van der Waals surface area contributed by atoms with Crippen LogP contribution in [-0.2, 0) is 13.1 Å². The Bertz CT molecular complexity index is 661. The summed E-state index contributed by atoms with van der Waals surface area (Å²) in [6.07, 6.45) is 4.09. The Morgan fingerprint density at radius 3 is 3.15 bits per heavy atom. The second-order valence-corrected chi connectivity index (χ2v) is 5.38. The minimum absolute atomic E-state index is 0.697. The molecule has 2 aromatic heterocycles. The van der Waals surface area contributed by atoms with Crippen molar-refractivity contribution in [1.29, 1.82) is 0 Å². The Labute approximate surface area is 122 Å². The summed E-state index contributed by atoms with van der Waals surface area (Å²) >= 11 is 1.65. The van der Waals surface area contributed by atoms with Crippen LogP contribution in [0.3, 0.4) is 0 Å². The van der Waals surface area contributed by atoms with Gasteiger partial charge in [-0.2, -0.15) is 0 Å². The summed E-state index contributed by atoms with van der Waals surface area (Å²) in [5, 5.41) is 5.45. The smallest absolute Gasteiger partial charge is 0.193 e. The standard InChI is InChI=1S/C15H17N3OS/c1-2-19-14-5-3-4-12(8-14)9-16-10-13-11-18-6-7-20-15(18)17-13/h3-8,11,16H,2,9-10H2,1H3. The molecule has 2 heterocycles. The van der Waals surface area contributed by atoms with Gasteiger partial charge in [0, 0.05) is 30.9 Å². The first-order chi connectivity index (χ1) is 9.85. The van der Waals surface area contributed by atoms with Crippen LogP contribution in [0.4, 0.5) is 0 Å². The van der Waals surface area contributed by atoms with E-state index in [4.69, 9.17) is 4.74 Å². The fraction of sp³-hybridized carbons (Fsp3) is 0.267. The van der Waals surface area contributed by atoms with E-state index in [1.165, 1.54) is 5.56 Å². The van der Waals surface area contributed by atoms with Crippen LogP contribution in [0, 0.1) is 0 Å². The second-order valence-electron chi connectivity index (χ2n) is 4.51. The molecule has 1 aromatic carbocycles. The molecule has 0 spiro atoms. The third-order valence-electron chi connectivity index (χ3n) is 2.99. The van der Waals surface area contributed by atoms with Crippen LogP contribution < -0.4 is 10.1 Å². The van der Waals surface area contributed by atoms with Gasteiger partial charge in [0.1, 0.15) is 5.75 Å². The average Bonchev–Trinajstić information content (AvgIpc) is 3.00. The molecule has 0 amide bonds. The number of nitrogens with zero attached hydrogens (tertiary/aromatic N) is 2. The maximum Gasteiger partial charge on any atom is 0.193 e. The summed E-state index contributed by atoms with van der Waals surface area (Å²) in [4.78, 5) is 5.59. The van der Waals surface area contributed by atoms with Crippen molar-refractivity contribution in [1.82, 2.24) is 14.7 Å². The highest BCUT2D eigenvalue weighted by molar-refractivity contribution is 7.15. The Balaban J connectivity index is 1.56. The molecule has 1 N–H and O–H groups in total. The van der Waals surface area contributed by atoms with Crippen molar-refractivity contribution in [2.75, 3.05) is 6.61 Å². The van der Waals surface area contributed by atoms with E-state index < -0.39 is 0 Å². The van der Waals surface area contributed by atoms with Crippen molar-refractivity contribution in [2.24, 2.45) is 0 Å². The highest BCUT2D eigenvalue weighted by atomic mass is 32.1. The van der Waals surface area contributed by atoms with E-state index in [9.17, 15) is 0 Å². The quantitative estimate of drug-likeness (QED) is 0.757. The number of nitrogens with one attached hydrogen (secondary N) is 1. The zero-order valence-electron chi connectivity index (χ0n) is 11.4. The molecular formula is C15H17N3OS. The predicted molar refractivity (Wildman–Crippen MR) is 81.2 cm³/mol. The summed E-state index contributed by atoms with van der Waals surface area (Å²) in [6.45, 7) is 4.27. The number of fused-ring (bicyclic) bond motifs is 1. The van der Waals surface area contributed by atoms with Gasteiger partial charge in [-0.1, -0.05) is 12.1 Å². The Hall–Kier alpha value is -1.85. The lowest BCUT2D eigenvalue weighted by Gasteiger charge is -2.06. The molecule has 0 aliphatic carbocycles. The first kappa shape index (κ1) is 13.1. The predicted octanol–water partition coefficient (Wildman–Crippen LogP) is 3.08. The highest BCUT2D eigenvalue weighted by Crippen LogP contribution is 2.14. The number of aromatic nitrogens is 2. The van der Waals surface area contributed by atoms with Crippen molar-refractivity contribution >= 4 is 16.3 Å². The Morgan fingerprint density at radius 1 is 1.35 bits per heavy atom. The van der Waals surface area contributed by atoms with E-state index in [0.29, 0.717) is 6.61 Å². The first-order valence-corrected chi connectivity index (χ1v) is 7.56. The summed E-state index contributed by atoms with van der Waals surface area (Å²) in [7, 11) is 0. The molecule has 3 rings (SSSR count). The van der Waals surface area contributed by atoms with Crippen molar-refractivity contribution < 1.29 is 4.74 Å². The van der Waals surface area contributed by atoms with E-state index in [1.54, 1.807) is 11.3 Å². The molecule has 0 aliphatic heterocycles. The zero-order valence-corrected chi connectivity index (χ0v) is 12.2. The van der Waals surface area contributed by atoms with Gasteiger partial charge in [-0.15, -0.1) is 11.3 Å². The van der Waals surface area contributed by atoms with E-state index in [0.717, 1.165) is 29.5 Å². The highest BCUT2D eigenvalue weighted by Gasteiger charge is 2.02. The molecule has 0 unspecified atom stereocenters. The molecule has 0 radical (unpaired) electrons. The van der Waals surface area contributed by atoms with Crippen molar-refractivity contribution in [3.8, 4) is 5.75 Å². The lowest BCUT2D eigenvalue weighted by molar-refractivity contribution is 0.340. The molecule has 3 aromatic rings. The first-order valence-electron chi connectivity index (χ1n) is 6.68. The summed E-state index contributed by atoms with van der Waals surface area (Å²) in [5.74, 6) is 0.925. The number of imidazole rings is 1. The minimum Gasteiger partial charge on any atom is -0.494 e. The summed E-state index contributed by atoms with van der Waals surface area (Å²) in [6, 6.07) is 8.18. The van der Waals surface area contributed by atoms with E-state index in [1.807, 2.05) is 30.6 Å². The number of benzene rings is 1. The summed E-state index contributed by atoms with van der Waals surface area (Å²) < 4.78 is 7.55. The molecule has 0 saturated carbocycles. The lowest BCUT2D eigenvalue weighted by atomic mass is 10.2. The van der Waals surface area contributed by atoms with E-state index >= 15 is 0 Å². The SMILES string of the molecule is CCOc1cccc(CNCc2cn3ccsc3n2)c1. The van der Waals surface area contributed by atoms with Crippen LogP contribution in [0.2, 0.25) is 0 Å². The van der Waals surface area contributed by atoms with Gasteiger partial charge >= 0.3 is 0 Å². The van der Waals surface area contributed by atoms with Gasteiger partial charge in [0.2, 0.25) is 0 Å². The van der Waals surface area contributed by atoms with Gasteiger partial charge in [0.15, 0.2) is 4.96 Å². The minimum atomic E-state index is 0.697. The maximum absolute atomic E-state index is 5.50. The van der Waals surface area contributed by atoms with Crippen molar-refractivity contribution in [3.05, 3.63) is 53.3 Å². The van der Waals surface area contributed by atoms with Gasteiger partial charge in [-0.3, -0.25) is 4.40 Å². The second kappa shape index (κ2) is 6.07. The molecule has 0 bridgehead atoms. The fourth-order valence-corrected chi connectivity index (χ4v) is 2.83. The van der Waals surface area contributed by atoms with E-state index in [-0.39, 0.29) is 0 Å². The average molecular weight is 287 g/mol. The van der Waals surface area contributed by atoms with Gasteiger partial charge in [0.05, 0.1) is 12.3 Å². The van der Waals surface area contributed by atoms with Crippen LogP contribution in [0.1, 0.15) is 18.2 Å². The molecule has 0 aliphatic rings. The van der Waals surface area contributed by atoms with Crippen molar-refractivity contribution in [2.45, 2.75) is 20.0 Å². The third kappa shape index (κ3) is 3.00. The molecule has 4 nitrogen and oxygen atoms in total. The molecule has 0 saturated heterocycles. The van der Waals surface area contributed by atoms with Crippen LogP contribution >= 0.6 is 11.3 Å². The van der Waals surface area contributed by atoms with Crippen LogP contribution in [-0.4, -0.2) is 16.0 Å². The van der Waals surface area contributed by atoms with Crippen LogP contribution in [0.25, 0.3) is 4.96 Å². The molecular weight excluding hydrogens is 270 g/mol. The fourth-order valence-electron chi connectivity index (χ4n) is 2.11. The normalized spacial score (nSPS) is 11.1. The lowest BCUT2D eigenvalue weighted by Crippen LogP contribution is -2.12. The van der Waals surface area contributed by atoms with Crippen molar-refractivity contribution in [3.63, 3.8) is 0 Å². The van der Waals surface area contributed by atoms with Gasteiger partial charge < -0.3 is 10.1 Å². The molecule has 20 heavy (non-hydrogen) atoms. The molecule has 0 atom stereocenters. The van der Waals surface area contributed by atoms with Crippen LogP contribution in [0.15, 0.2) is 42.0 Å². The number of thiazole rings is 1. The topological polar surface area (TPSA) is 38.6 Å². The van der Waals surface area contributed by atoms with Gasteiger partial charge in [0.25, 0.3) is 0 Å². The summed E-state index contributed by atoms with van der Waals surface area (Å²) in [5.41, 5.74) is 2.29.